The fourth-order valence-corrected chi connectivity index (χ4v) is 2.24. The molecule has 0 atom stereocenters. The Balaban J connectivity index is 1.82. The van der Waals surface area contributed by atoms with E-state index in [0.717, 1.165) is 10.0 Å². The molecule has 1 N–H and O–H groups in total. The van der Waals surface area contributed by atoms with Gasteiger partial charge in [0, 0.05) is 15.7 Å². The van der Waals surface area contributed by atoms with Gasteiger partial charge in [0.05, 0.1) is 6.42 Å². The number of ketones is 1. The standard InChI is InChI=1S/C18H16BrNO4/c1-12(21)14-3-2-4-16(10-14)20-17(22)11-24-18(23)9-13-5-7-15(19)8-6-13/h2-8,10H,9,11H2,1H3,(H,20,22). The minimum atomic E-state index is -0.482. The van der Waals surface area contributed by atoms with Crippen LogP contribution in [-0.2, 0) is 20.7 Å². The van der Waals surface area contributed by atoms with Crippen LogP contribution < -0.4 is 5.32 Å². The first-order valence-electron chi connectivity index (χ1n) is 7.25. The summed E-state index contributed by atoms with van der Waals surface area (Å²) in [4.78, 5) is 34.9. The Labute approximate surface area is 148 Å². The van der Waals surface area contributed by atoms with Crippen molar-refractivity contribution in [2.75, 3.05) is 11.9 Å². The van der Waals surface area contributed by atoms with Gasteiger partial charge in [0.25, 0.3) is 5.91 Å². The van der Waals surface area contributed by atoms with Gasteiger partial charge in [-0.15, -0.1) is 0 Å². The summed E-state index contributed by atoms with van der Waals surface area (Å²) in [6, 6.07) is 13.8. The zero-order valence-corrected chi connectivity index (χ0v) is 14.6. The number of hydrogen-bond donors (Lipinski definition) is 1. The molecule has 0 unspecified atom stereocenters. The van der Waals surface area contributed by atoms with Gasteiger partial charge in [-0.2, -0.15) is 0 Å². The van der Waals surface area contributed by atoms with E-state index in [9.17, 15) is 14.4 Å². The summed E-state index contributed by atoms with van der Waals surface area (Å²) in [5.41, 5.74) is 1.79. The molecule has 2 rings (SSSR count). The van der Waals surface area contributed by atoms with E-state index >= 15 is 0 Å². The van der Waals surface area contributed by atoms with Gasteiger partial charge in [-0.25, -0.2) is 0 Å². The van der Waals surface area contributed by atoms with Gasteiger partial charge < -0.3 is 10.1 Å². The summed E-state index contributed by atoms with van der Waals surface area (Å²) >= 11 is 3.32. The Kier molecular flexibility index (Phi) is 6.26. The highest BCUT2D eigenvalue weighted by molar-refractivity contribution is 9.10. The van der Waals surface area contributed by atoms with Gasteiger partial charge in [-0.3, -0.25) is 14.4 Å². The number of esters is 1. The Morgan fingerprint density at radius 3 is 2.46 bits per heavy atom. The van der Waals surface area contributed by atoms with E-state index in [2.05, 4.69) is 21.2 Å². The first-order valence-corrected chi connectivity index (χ1v) is 8.04. The van der Waals surface area contributed by atoms with Gasteiger partial charge >= 0.3 is 5.97 Å². The van der Waals surface area contributed by atoms with Crippen molar-refractivity contribution < 1.29 is 19.1 Å². The number of amides is 1. The fourth-order valence-electron chi connectivity index (χ4n) is 1.98. The molecule has 0 saturated carbocycles. The van der Waals surface area contributed by atoms with Crippen molar-refractivity contribution in [3.8, 4) is 0 Å². The topological polar surface area (TPSA) is 72.5 Å². The van der Waals surface area contributed by atoms with Crippen molar-refractivity contribution >= 4 is 39.3 Å². The van der Waals surface area contributed by atoms with E-state index in [1.165, 1.54) is 6.92 Å². The van der Waals surface area contributed by atoms with E-state index in [0.29, 0.717) is 11.3 Å². The van der Waals surface area contributed by atoms with E-state index in [4.69, 9.17) is 4.74 Å². The molecule has 124 valence electrons. The van der Waals surface area contributed by atoms with Crippen molar-refractivity contribution in [3.63, 3.8) is 0 Å². The zero-order chi connectivity index (χ0) is 17.5. The second kappa shape index (κ2) is 8.40. The van der Waals surface area contributed by atoms with E-state index in [-0.39, 0.29) is 18.8 Å². The summed E-state index contributed by atoms with van der Waals surface area (Å²) in [5, 5.41) is 2.59. The second-order valence-electron chi connectivity index (χ2n) is 5.15. The quantitative estimate of drug-likeness (QED) is 0.607. The lowest BCUT2D eigenvalue weighted by Crippen LogP contribution is -2.21. The number of carbonyl (C=O) groups excluding carboxylic acids is 3. The van der Waals surface area contributed by atoms with Gasteiger partial charge in [-0.05, 0) is 36.8 Å². The molecule has 0 bridgehead atoms. The number of carbonyl (C=O) groups is 3. The van der Waals surface area contributed by atoms with Crippen molar-refractivity contribution in [2.24, 2.45) is 0 Å². The smallest absolute Gasteiger partial charge is 0.310 e. The molecular formula is C18H16BrNO4. The number of nitrogens with one attached hydrogen (secondary N) is 1. The number of anilines is 1. The molecule has 0 aliphatic rings. The van der Waals surface area contributed by atoms with Crippen molar-refractivity contribution in [1.82, 2.24) is 0 Å². The average Bonchev–Trinajstić information content (AvgIpc) is 2.55. The second-order valence-corrected chi connectivity index (χ2v) is 6.06. The highest BCUT2D eigenvalue weighted by atomic mass is 79.9. The van der Waals surface area contributed by atoms with Crippen LogP contribution in [0.25, 0.3) is 0 Å². The van der Waals surface area contributed by atoms with Gasteiger partial charge in [0.1, 0.15) is 0 Å². The third kappa shape index (κ3) is 5.62. The van der Waals surface area contributed by atoms with Crippen LogP contribution in [0.2, 0.25) is 0 Å². The maximum Gasteiger partial charge on any atom is 0.310 e. The van der Waals surface area contributed by atoms with Crippen molar-refractivity contribution in [2.45, 2.75) is 13.3 Å². The number of ether oxygens (including phenoxy) is 1. The Bertz CT molecular complexity index is 756. The monoisotopic (exact) mass is 389 g/mol. The first-order chi connectivity index (χ1) is 11.4. The summed E-state index contributed by atoms with van der Waals surface area (Å²) in [6.45, 7) is 1.07. The summed E-state index contributed by atoms with van der Waals surface area (Å²) in [7, 11) is 0. The van der Waals surface area contributed by atoms with E-state index in [1.807, 2.05) is 12.1 Å². The molecule has 24 heavy (non-hydrogen) atoms. The molecule has 0 saturated heterocycles. The largest absolute Gasteiger partial charge is 0.455 e. The first kappa shape index (κ1) is 17.9. The third-order valence-electron chi connectivity index (χ3n) is 3.18. The van der Waals surface area contributed by atoms with Crippen LogP contribution in [-0.4, -0.2) is 24.3 Å². The van der Waals surface area contributed by atoms with Gasteiger partial charge in [0.2, 0.25) is 0 Å². The SMILES string of the molecule is CC(=O)c1cccc(NC(=O)COC(=O)Cc2ccc(Br)cc2)c1. The number of Topliss-reactive ketones (excluding diaryl/α,β-unsaturated/α-hetero) is 1. The van der Waals surface area contributed by atoms with Crippen LogP contribution in [0.15, 0.2) is 53.0 Å². The minimum Gasteiger partial charge on any atom is -0.455 e. The van der Waals surface area contributed by atoms with Crippen LogP contribution in [0, 0.1) is 0 Å². The summed E-state index contributed by atoms with van der Waals surface area (Å²) in [5.74, 6) is -1.03. The molecule has 0 aromatic heterocycles. The predicted molar refractivity (Wildman–Crippen MR) is 93.9 cm³/mol. The summed E-state index contributed by atoms with van der Waals surface area (Å²) < 4.78 is 5.88. The van der Waals surface area contributed by atoms with Crippen molar-refractivity contribution in [3.05, 3.63) is 64.1 Å². The number of benzene rings is 2. The molecule has 2 aromatic carbocycles. The molecule has 0 aliphatic carbocycles. The molecule has 0 aliphatic heterocycles. The van der Waals surface area contributed by atoms with E-state index in [1.54, 1.807) is 36.4 Å². The zero-order valence-electron chi connectivity index (χ0n) is 13.0. The van der Waals surface area contributed by atoms with Crippen LogP contribution in [0.3, 0.4) is 0 Å². The molecule has 6 heteroatoms. The van der Waals surface area contributed by atoms with Crippen LogP contribution >= 0.6 is 15.9 Å². The molecule has 1 amide bonds. The lowest BCUT2D eigenvalue weighted by atomic mass is 10.1. The Morgan fingerprint density at radius 2 is 1.79 bits per heavy atom. The highest BCUT2D eigenvalue weighted by Gasteiger charge is 2.09. The van der Waals surface area contributed by atoms with E-state index < -0.39 is 11.9 Å². The predicted octanol–water partition coefficient (Wildman–Crippen LogP) is 3.38. The lowest BCUT2D eigenvalue weighted by Gasteiger charge is -2.07. The molecule has 5 nitrogen and oxygen atoms in total. The van der Waals surface area contributed by atoms with Gasteiger partial charge in [0.15, 0.2) is 12.4 Å². The highest BCUT2D eigenvalue weighted by Crippen LogP contribution is 2.12. The third-order valence-corrected chi connectivity index (χ3v) is 3.71. The van der Waals surface area contributed by atoms with Crippen LogP contribution in [0.4, 0.5) is 5.69 Å². The van der Waals surface area contributed by atoms with Gasteiger partial charge in [-0.1, -0.05) is 40.2 Å². The molecular weight excluding hydrogens is 374 g/mol. The number of rotatable bonds is 6. The average molecular weight is 390 g/mol. The summed E-state index contributed by atoms with van der Waals surface area (Å²) in [6.07, 6.45) is 0.0976. The molecule has 0 spiro atoms. The van der Waals surface area contributed by atoms with Crippen LogP contribution in [0.5, 0.6) is 0 Å². The molecule has 2 aromatic rings. The molecule has 0 fully saturated rings. The normalized spacial score (nSPS) is 10.1. The molecule has 0 radical (unpaired) electrons. The Hall–Kier alpha value is -2.47. The van der Waals surface area contributed by atoms with Crippen molar-refractivity contribution in [1.29, 1.82) is 0 Å². The Morgan fingerprint density at radius 1 is 1.08 bits per heavy atom. The van der Waals surface area contributed by atoms with Crippen LogP contribution in [0.1, 0.15) is 22.8 Å². The number of hydrogen-bond acceptors (Lipinski definition) is 4. The fraction of sp³-hybridized carbons (Fsp3) is 0.167. The number of halogens is 1. The molecule has 0 heterocycles. The minimum absolute atomic E-state index is 0.0907. The maximum absolute atomic E-state index is 11.8. The maximum atomic E-state index is 11.8. The lowest BCUT2D eigenvalue weighted by molar-refractivity contribution is -0.146.